The van der Waals surface area contributed by atoms with Gasteiger partial charge < -0.3 is 4.74 Å². The van der Waals surface area contributed by atoms with Crippen molar-refractivity contribution < 1.29 is 9.53 Å². The molecule has 3 heteroatoms. The van der Waals surface area contributed by atoms with Gasteiger partial charge in [-0.2, -0.15) is 0 Å². The van der Waals surface area contributed by atoms with Crippen molar-refractivity contribution in [2.24, 2.45) is 5.41 Å². The first-order valence-electron chi connectivity index (χ1n) is 6.40. The van der Waals surface area contributed by atoms with Gasteiger partial charge in [-0.15, -0.1) is 0 Å². The maximum atomic E-state index is 12.0. The van der Waals surface area contributed by atoms with Crippen LogP contribution in [0.2, 0.25) is 0 Å². The van der Waals surface area contributed by atoms with Gasteiger partial charge >= 0.3 is 0 Å². The predicted octanol–water partition coefficient (Wildman–Crippen LogP) is 2.50. The maximum absolute atomic E-state index is 12.0. The van der Waals surface area contributed by atoms with Gasteiger partial charge in [0, 0.05) is 12.0 Å². The molecule has 0 unspecified atom stereocenters. The summed E-state index contributed by atoms with van der Waals surface area (Å²) in [5.41, 5.74) is 1.05. The SMILES string of the molecule is COc1cccc(CN2CCC(C)(C)C(=O)C2)c1. The van der Waals surface area contributed by atoms with Crippen molar-refractivity contribution in [3.8, 4) is 5.75 Å². The van der Waals surface area contributed by atoms with E-state index in [1.807, 2.05) is 32.0 Å². The van der Waals surface area contributed by atoms with Crippen molar-refractivity contribution in [2.45, 2.75) is 26.8 Å². The van der Waals surface area contributed by atoms with Crippen LogP contribution in [0, 0.1) is 5.41 Å². The Morgan fingerprint density at radius 2 is 2.17 bits per heavy atom. The summed E-state index contributed by atoms with van der Waals surface area (Å²) < 4.78 is 5.21. The Hall–Kier alpha value is -1.35. The van der Waals surface area contributed by atoms with E-state index in [2.05, 4.69) is 11.0 Å². The van der Waals surface area contributed by atoms with Crippen molar-refractivity contribution in [1.29, 1.82) is 0 Å². The molecular formula is C15H21NO2. The minimum atomic E-state index is -0.148. The molecule has 0 bridgehead atoms. The molecule has 3 nitrogen and oxygen atoms in total. The fourth-order valence-electron chi connectivity index (χ4n) is 2.24. The molecule has 0 amide bonds. The van der Waals surface area contributed by atoms with Crippen LogP contribution >= 0.6 is 0 Å². The summed E-state index contributed by atoms with van der Waals surface area (Å²) in [6, 6.07) is 8.04. The van der Waals surface area contributed by atoms with E-state index in [0.717, 1.165) is 25.3 Å². The summed E-state index contributed by atoms with van der Waals surface area (Å²) in [6.45, 7) is 6.44. The summed E-state index contributed by atoms with van der Waals surface area (Å²) in [6.07, 6.45) is 0.940. The molecular weight excluding hydrogens is 226 g/mol. The first kappa shape index (κ1) is 13.1. The van der Waals surface area contributed by atoms with Gasteiger partial charge in [0.1, 0.15) is 5.75 Å². The maximum Gasteiger partial charge on any atom is 0.152 e. The molecule has 98 valence electrons. The molecule has 1 aromatic carbocycles. The van der Waals surface area contributed by atoms with Crippen LogP contribution in [0.3, 0.4) is 0 Å². The monoisotopic (exact) mass is 247 g/mol. The Morgan fingerprint density at radius 3 is 2.83 bits per heavy atom. The molecule has 0 aliphatic carbocycles. The van der Waals surface area contributed by atoms with Crippen LogP contribution in [-0.2, 0) is 11.3 Å². The van der Waals surface area contributed by atoms with E-state index in [-0.39, 0.29) is 5.41 Å². The molecule has 0 aromatic heterocycles. The molecule has 0 N–H and O–H groups in total. The number of hydrogen-bond donors (Lipinski definition) is 0. The normalized spacial score (nSPS) is 19.8. The fraction of sp³-hybridized carbons (Fsp3) is 0.533. The molecule has 1 aromatic rings. The Bertz CT molecular complexity index is 440. The highest BCUT2D eigenvalue weighted by Gasteiger charge is 2.33. The van der Waals surface area contributed by atoms with Crippen molar-refractivity contribution in [3.05, 3.63) is 29.8 Å². The standard InChI is InChI=1S/C15H21NO2/c1-15(2)7-8-16(11-14(15)17)10-12-5-4-6-13(9-12)18-3/h4-6,9H,7-8,10-11H2,1-3H3. The molecule has 0 spiro atoms. The number of hydrogen-bond acceptors (Lipinski definition) is 3. The molecule has 0 radical (unpaired) electrons. The quantitative estimate of drug-likeness (QED) is 0.822. The summed E-state index contributed by atoms with van der Waals surface area (Å²) in [5.74, 6) is 1.22. The van der Waals surface area contributed by atoms with Crippen LogP contribution in [0.1, 0.15) is 25.8 Å². The second kappa shape index (κ2) is 5.11. The molecule has 2 rings (SSSR count). The lowest BCUT2D eigenvalue weighted by Gasteiger charge is -2.35. The number of piperidine rings is 1. The average molecular weight is 247 g/mol. The molecule has 1 heterocycles. The van der Waals surface area contributed by atoms with E-state index in [0.29, 0.717) is 12.3 Å². The molecule has 1 fully saturated rings. The summed E-state index contributed by atoms with van der Waals surface area (Å²) in [5, 5.41) is 0. The molecule has 1 saturated heterocycles. The van der Waals surface area contributed by atoms with Crippen LogP contribution in [0.25, 0.3) is 0 Å². The van der Waals surface area contributed by atoms with E-state index in [1.165, 1.54) is 5.56 Å². The zero-order valence-corrected chi connectivity index (χ0v) is 11.4. The lowest BCUT2D eigenvalue weighted by atomic mass is 9.81. The third kappa shape index (κ3) is 2.91. The van der Waals surface area contributed by atoms with Gasteiger partial charge in [0.25, 0.3) is 0 Å². The van der Waals surface area contributed by atoms with Gasteiger partial charge in [0.2, 0.25) is 0 Å². The van der Waals surface area contributed by atoms with E-state index >= 15 is 0 Å². The Balaban J connectivity index is 2.00. The first-order chi connectivity index (χ1) is 8.51. The Morgan fingerprint density at radius 1 is 1.39 bits per heavy atom. The van der Waals surface area contributed by atoms with Gasteiger partial charge in [-0.3, -0.25) is 9.69 Å². The Labute approximate surface area is 109 Å². The zero-order valence-electron chi connectivity index (χ0n) is 11.4. The summed E-state index contributed by atoms with van der Waals surface area (Å²) >= 11 is 0. The number of carbonyl (C=O) groups is 1. The lowest BCUT2D eigenvalue weighted by Crippen LogP contribution is -2.44. The van der Waals surface area contributed by atoms with E-state index < -0.39 is 0 Å². The summed E-state index contributed by atoms with van der Waals surface area (Å²) in [4.78, 5) is 14.2. The van der Waals surface area contributed by atoms with Gasteiger partial charge in [-0.1, -0.05) is 26.0 Å². The van der Waals surface area contributed by atoms with Crippen molar-refractivity contribution >= 4 is 5.78 Å². The second-order valence-electron chi connectivity index (χ2n) is 5.62. The highest BCUT2D eigenvalue weighted by atomic mass is 16.5. The second-order valence-corrected chi connectivity index (χ2v) is 5.62. The minimum Gasteiger partial charge on any atom is -0.497 e. The third-order valence-corrected chi connectivity index (χ3v) is 3.72. The topological polar surface area (TPSA) is 29.5 Å². The number of ketones is 1. The van der Waals surface area contributed by atoms with Crippen LogP contribution in [0.5, 0.6) is 5.75 Å². The number of rotatable bonds is 3. The first-order valence-corrected chi connectivity index (χ1v) is 6.40. The number of likely N-dealkylation sites (tertiary alicyclic amines) is 1. The van der Waals surface area contributed by atoms with Gasteiger partial charge in [-0.25, -0.2) is 0 Å². The molecule has 0 atom stereocenters. The average Bonchev–Trinajstić information content (AvgIpc) is 2.35. The van der Waals surface area contributed by atoms with Gasteiger partial charge in [0.15, 0.2) is 5.78 Å². The van der Waals surface area contributed by atoms with Crippen molar-refractivity contribution in [1.82, 2.24) is 4.90 Å². The zero-order chi connectivity index (χ0) is 13.2. The highest BCUT2D eigenvalue weighted by molar-refractivity contribution is 5.86. The summed E-state index contributed by atoms with van der Waals surface area (Å²) in [7, 11) is 1.67. The predicted molar refractivity (Wildman–Crippen MR) is 71.7 cm³/mol. The number of ether oxygens (including phenoxy) is 1. The Kier molecular flexibility index (Phi) is 3.71. The van der Waals surface area contributed by atoms with E-state index in [4.69, 9.17) is 4.74 Å². The number of Topliss-reactive ketones (excluding diaryl/α,β-unsaturated/α-hetero) is 1. The van der Waals surface area contributed by atoms with Crippen LogP contribution < -0.4 is 4.74 Å². The smallest absolute Gasteiger partial charge is 0.152 e. The number of benzene rings is 1. The molecule has 18 heavy (non-hydrogen) atoms. The van der Waals surface area contributed by atoms with Crippen molar-refractivity contribution in [3.63, 3.8) is 0 Å². The van der Waals surface area contributed by atoms with Crippen LogP contribution in [0.4, 0.5) is 0 Å². The fourth-order valence-corrected chi connectivity index (χ4v) is 2.24. The van der Waals surface area contributed by atoms with Crippen LogP contribution in [-0.4, -0.2) is 30.9 Å². The molecule has 0 saturated carbocycles. The highest BCUT2D eigenvalue weighted by Crippen LogP contribution is 2.27. The minimum absolute atomic E-state index is 0.148. The van der Waals surface area contributed by atoms with E-state index in [1.54, 1.807) is 7.11 Å². The third-order valence-electron chi connectivity index (χ3n) is 3.72. The van der Waals surface area contributed by atoms with Gasteiger partial charge in [0.05, 0.1) is 13.7 Å². The van der Waals surface area contributed by atoms with Crippen molar-refractivity contribution in [2.75, 3.05) is 20.2 Å². The van der Waals surface area contributed by atoms with Crippen LogP contribution in [0.15, 0.2) is 24.3 Å². The lowest BCUT2D eigenvalue weighted by molar-refractivity contribution is -0.132. The molecule has 1 aliphatic rings. The van der Waals surface area contributed by atoms with Gasteiger partial charge in [-0.05, 0) is 30.7 Å². The largest absolute Gasteiger partial charge is 0.497 e. The van der Waals surface area contributed by atoms with E-state index in [9.17, 15) is 4.79 Å². The number of carbonyl (C=O) groups excluding carboxylic acids is 1. The number of methoxy groups -OCH3 is 1. The number of nitrogens with zero attached hydrogens (tertiary/aromatic N) is 1. The molecule has 1 aliphatic heterocycles.